The molecule has 7 heterocycles. The van der Waals surface area contributed by atoms with Gasteiger partial charge < -0.3 is 35.2 Å². The van der Waals surface area contributed by atoms with Crippen molar-refractivity contribution in [1.29, 1.82) is 0 Å². The van der Waals surface area contributed by atoms with Crippen LogP contribution < -0.4 is 26.2 Å². The zero-order chi connectivity index (χ0) is 39.7. The number of urea groups is 1. The fraction of sp³-hybridized carbons (Fsp3) is 0.500. The first-order chi connectivity index (χ1) is 28.1. The molecule has 0 radical (unpaired) electrons. The van der Waals surface area contributed by atoms with E-state index in [2.05, 4.69) is 53.7 Å². The summed E-state index contributed by atoms with van der Waals surface area (Å²) >= 11 is 0. The molecule has 1 aliphatic carbocycles. The average molecular weight is 788 g/mol. The lowest BCUT2D eigenvalue weighted by Crippen LogP contribution is -2.63. The molecule has 302 valence electrons. The van der Waals surface area contributed by atoms with Crippen LogP contribution in [0.15, 0.2) is 47.1 Å². The summed E-state index contributed by atoms with van der Waals surface area (Å²) in [7, 11) is 1.84. The van der Waals surface area contributed by atoms with Crippen molar-refractivity contribution in [3.63, 3.8) is 0 Å². The molecule has 5 aliphatic heterocycles. The zero-order valence-electron chi connectivity index (χ0n) is 32.8. The molecule has 4 aromatic rings. The lowest BCUT2D eigenvalue weighted by atomic mass is 9.71. The molecule has 0 saturated carbocycles. The number of nitrogens with one attached hydrogen (secondary N) is 2. The number of likely N-dealkylation sites (N-methyl/N-ethyl adjacent to an activating group) is 1. The van der Waals surface area contributed by atoms with Gasteiger partial charge in [-0.25, -0.2) is 14.8 Å². The van der Waals surface area contributed by atoms with Crippen LogP contribution in [0.25, 0.3) is 11.0 Å². The maximum atomic E-state index is 12.7. The number of hydrogen-bond donors (Lipinski definition) is 3. The van der Waals surface area contributed by atoms with E-state index in [1.54, 1.807) is 11.1 Å². The van der Waals surface area contributed by atoms with Gasteiger partial charge in [0.15, 0.2) is 17.1 Å². The molecule has 6 aliphatic rings. The summed E-state index contributed by atoms with van der Waals surface area (Å²) in [6, 6.07) is 13.0. The molecule has 16 nitrogen and oxygen atoms in total. The van der Waals surface area contributed by atoms with Crippen LogP contribution in [0.5, 0.6) is 0 Å². The Kier molecular flexibility index (Phi) is 8.98. The summed E-state index contributed by atoms with van der Waals surface area (Å²) in [6.45, 7) is 7.08. The third-order valence-electron chi connectivity index (χ3n) is 13.6. The van der Waals surface area contributed by atoms with Gasteiger partial charge in [0, 0.05) is 94.2 Å². The van der Waals surface area contributed by atoms with Crippen molar-refractivity contribution in [2.75, 3.05) is 74.5 Å². The molecule has 58 heavy (non-hydrogen) atoms. The number of primary amides is 1. The Hall–Kier alpha value is -5.77. The zero-order valence-corrected chi connectivity index (χ0v) is 32.8. The highest BCUT2D eigenvalue weighted by Crippen LogP contribution is 2.45. The third kappa shape index (κ3) is 6.46. The number of piperidine rings is 3. The molecule has 5 amide bonds. The van der Waals surface area contributed by atoms with Gasteiger partial charge in [0.2, 0.25) is 11.8 Å². The molecule has 4 N–H and O–H groups in total. The minimum absolute atomic E-state index is 0.0687. The van der Waals surface area contributed by atoms with Gasteiger partial charge in [-0.3, -0.25) is 24.6 Å². The molecule has 16 heteroatoms. The van der Waals surface area contributed by atoms with E-state index < -0.39 is 11.8 Å². The van der Waals surface area contributed by atoms with E-state index in [1.165, 1.54) is 11.1 Å². The standard InChI is InChI=1S/C42H49N11O5/c1-49-17-18-53(41(49)57)28-3-2-14-51(22-28)33-21-44-36(38(43)55)39(46-33)45-26-5-7-27(8-6-26)50-15-12-42(13-16-50)23-52(24-42)29-19-25-4-9-30-35(48-58-37(30)32(25)20-29)31-10-11-34(54)47-40(31)56/h4-9,21,28-29,31H,2-3,10-20,22-24H2,1H3,(H2,43,55)(H,45,46)(H,47,54,56)/t28-,29?,31?/m1/s1. The second-order valence-electron chi connectivity index (χ2n) is 17.2. The van der Waals surface area contributed by atoms with E-state index in [0.717, 1.165) is 107 Å². The van der Waals surface area contributed by atoms with Crippen molar-refractivity contribution in [3.05, 3.63) is 65.1 Å². The molecule has 2 aromatic heterocycles. The van der Waals surface area contributed by atoms with Crippen LogP contribution in [0.4, 0.5) is 27.8 Å². The SMILES string of the molecule is CN1CCN([C@@H]2CCCN(c3cnc(C(N)=O)c(Nc4ccc(N5CCC6(CC5)CN(C5Cc7ccc8c(C9CCC(=O)NC9=O)noc8c7C5)C6)cc4)n3)C2)C1=O. The summed E-state index contributed by atoms with van der Waals surface area (Å²) in [5, 5.41) is 11.0. The molecule has 2 unspecified atom stereocenters. The summed E-state index contributed by atoms with van der Waals surface area (Å²) in [5.74, 6) is -0.671. The topological polar surface area (TPSA) is 186 Å². The normalized spacial score (nSPS) is 24.7. The second kappa shape index (κ2) is 14.3. The predicted molar refractivity (Wildman–Crippen MR) is 216 cm³/mol. The van der Waals surface area contributed by atoms with Gasteiger partial charge in [0.25, 0.3) is 5.91 Å². The Morgan fingerprint density at radius 3 is 2.50 bits per heavy atom. The van der Waals surface area contributed by atoms with Gasteiger partial charge in [-0.05, 0) is 86.3 Å². The maximum Gasteiger partial charge on any atom is 0.320 e. The van der Waals surface area contributed by atoms with E-state index in [1.807, 2.05) is 30.1 Å². The molecule has 1 spiro atoms. The highest BCUT2D eigenvalue weighted by molar-refractivity contribution is 6.02. The molecule has 5 fully saturated rings. The molecule has 0 bridgehead atoms. The summed E-state index contributed by atoms with van der Waals surface area (Å²) in [4.78, 5) is 69.5. The van der Waals surface area contributed by atoms with Gasteiger partial charge in [-0.1, -0.05) is 11.2 Å². The maximum absolute atomic E-state index is 12.7. The van der Waals surface area contributed by atoms with E-state index in [4.69, 9.17) is 15.2 Å². The smallest absolute Gasteiger partial charge is 0.320 e. The van der Waals surface area contributed by atoms with Crippen LogP contribution in [0.3, 0.4) is 0 Å². The summed E-state index contributed by atoms with van der Waals surface area (Å²) in [5.41, 5.74) is 12.0. The van der Waals surface area contributed by atoms with Crippen molar-refractivity contribution in [2.45, 2.75) is 69.4 Å². The monoisotopic (exact) mass is 787 g/mol. The van der Waals surface area contributed by atoms with Crippen molar-refractivity contribution in [2.24, 2.45) is 11.1 Å². The number of amides is 5. The molecule has 10 rings (SSSR count). The van der Waals surface area contributed by atoms with Gasteiger partial charge in [0.05, 0.1) is 18.2 Å². The first-order valence-electron chi connectivity index (χ1n) is 20.6. The predicted octanol–water partition coefficient (Wildman–Crippen LogP) is 3.39. The first-order valence-corrected chi connectivity index (χ1v) is 20.6. The first kappa shape index (κ1) is 36.6. The minimum atomic E-state index is -0.651. The van der Waals surface area contributed by atoms with E-state index in [9.17, 15) is 19.2 Å². The second-order valence-corrected chi connectivity index (χ2v) is 17.2. The average Bonchev–Trinajstić information content (AvgIpc) is 3.94. The van der Waals surface area contributed by atoms with Crippen molar-refractivity contribution in [1.82, 2.24) is 35.1 Å². The number of hydrogen-bond acceptors (Lipinski definition) is 12. The van der Waals surface area contributed by atoms with Crippen LogP contribution >= 0.6 is 0 Å². The minimum Gasteiger partial charge on any atom is -0.371 e. The lowest BCUT2D eigenvalue weighted by molar-refractivity contribution is -0.134. The van der Waals surface area contributed by atoms with Crippen LogP contribution in [-0.2, 0) is 22.4 Å². The third-order valence-corrected chi connectivity index (χ3v) is 13.6. The van der Waals surface area contributed by atoms with Crippen LogP contribution in [0, 0.1) is 5.41 Å². The van der Waals surface area contributed by atoms with E-state index >= 15 is 0 Å². The van der Waals surface area contributed by atoms with Crippen molar-refractivity contribution < 1.29 is 23.7 Å². The molecular weight excluding hydrogens is 739 g/mol. The number of carbonyl (C=O) groups excluding carboxylic acids is 4. The fourth-order valence-electron chi connectivity index (χ4n) is 10.3. The van der Waals surface area contributed by atoms with E-state index in [-0.39, 0.29) is 29.6 Å². The molecule has 5 saturated heterocycles. The largest absolute Gasteiger partial charge is 0.371 e. The number of imide groups is 1. The Morgan fingerprint density at radius 2 is 1.76 bits per heavy atom. The summed E-state index contributed by atoms with van der Waals surface area (Å²) in [6.07, 6.45) is 8.40. The number of nitrogens with two attached hydrogens (primary N) is 1. The van der Waals surface area contributed by atoms with Crippen LogP contribution in [0.2, 0.25) is 0 Å². The number of likely N-dealkylation sites (tertiary alicyclic amines) is 1. The number of nitrogens with zero attached hydrogens (tertiary/aromatic N) is 8. The Bertz CT molecular complexity index is 2300. The quantitative estimate of drug-likeness (QED) is 0.222. The van der Waals surface area contributed by atoms with Gasteiger partial charge in [-0.2, -0.15) is 0 Å². The van der Waals surface area contributed by atoms with Gasteiger partial charge in [-0.15, -0.1) is 0 Å². The number of rotatable bonds is 8. The number of aromatic nitrogens is 3. The van der Waals surface area contributed by atoms with Crippen LogP contribution in [0.1, 0.15) is 71.8 Å². The Labute approximate surface area is 336 Å². The number of benzene rings is 2. The fourth-order valence-corrected chi connectivity index (χ4v) is 10.3. The van der Waals surface area contributed by atoms with Gasteiger partial charge >= 0.3 is 6.03 Å². The summed E-state index contributed by atoms with van der Waals surface area (Å²) < 4.78 is 5.89. The Morgan fingerprint density at radius 1 is 0.948 bits per heavy atom. The molecule has 3 atom stereocenters. The highest BCUT2D eigenvalue weighted by atomic mass is 16.5. The number of carbonyl (C=O) groups is 4. The van der Waals surface area contributed by atoms with Gasteiger partial charge in [0.1, 0.15) is 11.5 Å². The molecular formula is C42H49N11O5. The van der Waals surface area contributed by atoms with E-state index in [0.29, 0.717) is 48.2 Å². The Balaban J connectivity index is 0.743. The van der Waals surface area contributed by atoms with Crippen molar-refractivity contribution >= 4 is 57.7 Å². The lowest BCUT2D eigenvalue weighted by Gasteiger charge is -2.56. The molecule has 2 aromatic carbocycles. The number of fused-ring (bicyclic) bond motifs is 3. The highest BCUT2D eigenvalue weighted by Gasteiger charge is 2.48. The van der Waals surface area contributed by atoms with Crippen molar-refractivity contribution in [3.8, 4) is 0 Å². The van der Waals surface area contributed by atoms with Crippen LogP contribution in [-0.4, -0.2) is 125 Å². The number of anilines is 4.